The summed E-state index contributed by atoms with van der Waals surface area (Å²) in [5.41, 5.74) is -0.166. The first-order chi connectivity index (χ1) is 8.76. The topological polar surface area (TPSA) is 88.5 Å². The van der Waals surface area contributed by atoms with Crippen molar-refractivity contribution in [2.24, 2.45) is 0 Å². The Morgan fingerprint density at radius 3 is 2.63 bits per heavy atom. The molecule has 1 aromatic heterocycles. The van der Waals surface area contributed by atoms with Crippen LogP contribution in [0.15, 0.2) is 24.3 Å². The Hall–Kier alpha value is -2.37. The first-order valence-electron chi connectivity index (χ1n) is 5.64. The third kappa shape index (κ3) is 6.21. The lowest BCUT2D eigenvalue weighted by Gasteiger charge is -2.19. The van der Waals surface area contributed by atoms with Gasteiger partial charge in [0.2, 0.25) is 0 Å². The molecule has 6 heteroatoms. The number of aliphatic carboxylic acids is 1. The summed E-state index contributed by atoms with van der Waals surface area (Å²) in [5, 5.41) is 11.0. The molecule has 0 unspecified atom stereocenters. The van der Waals surface area contributed by atoms with E-state index in [1.165, 1.54) is 6.08 Å². The predicted molar refractivity (Wildman–Crippen MR) is 70.8 cm³/mol. The van der Waals surface area contributed by atoms with Gasteiger partial charge >= 0.3 is 12.1 Å². The molecule has 19 heavy (non-hydrogen) atoms. The van der Waals surface area contributed by atoms with Gasteiger partial charge in [0, 0.05) is 6.08 Å². The number of hydrogen-bond donors (Lipinski definition) is 2. The summed E-state index contributed by atoms with van der Waals surface area (Å²) in [6, 6.07) is 4.86. The summed E-state index contributed by atoms with van der Waals surface area (Å²) < 4.78 is 5.08. The quantitative estimate of drug-likeness (QED) is 0.819. The summed E-state index contributed by atoms with van der Waals surface area (Å²) in [6.07, 6.45) is 1.70. The molecule has 102 valence electrons. The molecule has 2 N–H and O–H groups in total. The van der Waals surface area contributed by atoms with E-state index in [1.807, 2.05) is 0 Å². The van der Waals surface area contributed by atoms with Crippen LogP contribution in [0, 0.1) is 0 Å². The normalized spacial score (nSPS) is 11.3. The van der Waals surface area contributed by atoms with Gasteiger partial charge in [0.25, 0.3) is 0 Å². The Balaban J connectivity index is 2.72. The van der Waals surface area contributed by atoms with Gasteiger partial charge in [0.15, 0.2) is 0 Å². The molecular formula is C13H16N2O4. The van der Waals surface area contributed by atoms with Gasteiger partial charge in [-0.2, -0.15) is 0 Å². The van der Waals surface area contributed by atoms with Gasteiger partial charge in [0.05, 0.1) is 5.69 Å². The lowest BCUT2D eigenvalue weighted by Crippen LogP contribution is -2.27. The van der Waals surface area contributed by atoms with Crippen molar-refractivity contribution in [2.45, 2.75) is 26.4 Å². The van der Waals surface area contributed by atoms with Gasteiger partial charge in [-0.1, -0.05) is 6.07 Å². The second kappa shape index (κ2) is 5.99. The second-order valence-corrected chi connectivity index (χ2v) is 4.75. The van der Waals surface area contributed by atoms with Crippen LogP contribution in [-0.4, -0.2) is 27.8 Å². The van der Waals surface area contributed by atoms with Crippen LogP contribution in [0.25, 0.3) is 6.08 Å². The zero-order chi connectivity index (χ0) is 14.5. The predicted octanol–water partition coefficient (Wildman–Crippen LogP) is 2.53. The van der Waals surface area contributed by atoms with E-state index >= 15 is 0 Å². The number of hydrogen-bond acceptors (Lipinski definition) is 4. The minimum atomic E-state index is -1.06. The van der Waals surface area contributed by atoms with Crippen LogP contribution < -0.4 is 5.32 Å². The number of nitrogens with zero attached hydrogens (tertiary/aromatic N) is 1. The summed E-state index contributed by atoms with van der Waals surface area (Å²) in [7, 11) is 0. The fourth-order valence-corrected chi connectivity index (χ4v) is 1.18. The van der Waals surface area contributed by atoms with Crippen LogP contribution in [-0.2, 0) is 9.53 Å². The summed E-state index contributed by atoms with van der Waals surface area (Å²) in [4.78, 5) is 26.0. The number of pyridine rings is 1. The summed E-state index contributed by atoms with van der Waals surface area (Å²) >= 11 is 0. The standard InChI is InChI=1S/C13H16N2O4/c1-13(2,3)19-12(18)15-10-6-4-5-9(14-10)7-8-11(16)17/h4-8H,1-3H3,(H,16,17)(H,14,15,18)/b8-7+. The molecular weight excluding hydrogens is 248 g/mol. The smallest absolute Gasteiger partial charge is 0.413 e. The van der Waals surface area contributed by atoms with Crippen molar-refractivity contribution in [2.75, 3.05) is 5.32 Å². The number of carboxylic acids is 1. The van der Waals surface area contributed by atoms with E-state index in [0.29, 0.717) is 11.5 Å². The molecule has 0 spiro atoms. The SMILES string of the molecule is CC(C)(C)OC(=O)Nc1cccc(/C=C/C(=O)O)n1. The molecule has 0 aromatic carbocycles. The maximum Gasteiger partial charge on any atom is 0.413 e. The molecule has 0 aliphatic carbocycles. The molecule has 1 amide bonds. The number of nitrogens with one attached hydrogen (secondary N) is 1. The molecule has 0 aliphatic heterocycles. The molecule has 1 rings (SSSR count). The third-order valence-corrected chi connectivity index (χ3v) is 1.80. The van der Waals surface area contributed by atoms with E-state index in [-0.39, 0.29) is 0 Å². The number of carbonyl (C=O) groups is 2. The average molecular weight is 264 g/mol. The number of carboxylic acid groups (broad SMARTS) is 1. The van der Waals surface area contributed by atoms with Crippen LogP contribution in [0.1, 0.15) is 26.5 Å². The highest BCUT2D eigenvalue weighted by molar-refractivity contribution is 5.86. The molecule has 0 saturated carbocycles. The fraction of sp³-hybridized carbons (Fsp3) is 0.308. The van der Waals surface area contributed by atoms with E-state index in [0.717, 1.165) is 6.08 Å². The number of anilines is 1. The number of carbonyl (C=O) groups excluding carboxylic acids is 1. The Bertz CT molecular complexity index is 504. The van der Waals surface area contributed by atoms with E-state index in [1.54, 1.807) is 39.0 Å². The Labute approximate surface area is 111 Å². The van der Waals surface area contributed by atoms with Crippen molar-refractivity contribution in [3.8, 4) is 0 Å². The highest BCUT2D eigenvalue weighted by Crippen LogP contribution is 2.11. The van der Waals surface area contributed by atoms with Crippen LogP contribution in [0.5, 0.6) is 0 Å². The van der Waals surface area contributed by atoms with Crippen molar-refractivity contribution >= 4 is 24.0 Å². The Kier molecular flexibility index (Phi) is 4.63. The van der Waals surface area contributed by atoms with Gasteiger partial charge in [-0.3, -0.25) is 5.32 Å². The van der Waals surface area contributed by atoms with E-state index in [2.05, 4.69) is 10.3 Å². The van der Waals surface area contributed by atoms with Crippen molar-refractivity contribution in [3.05, 3.63) is 30.0 Å². The highest BCUT2D eigenvalue weighted by atomic mass is 16.6. The van der Waals surface area contributed by atoms with Gasteiger partial charge in [-0.15, -0.1) is 0 Å². The first-order valence-corrected chi connectivity index (χ1v) is 5.64. The fourth-order valence-electron chi connectivity index (χ4n) is 1.18. The molecule has 0 radical (unpaired) electrons. The lowest BCUT2D eigenvalue weighted by molar-refractivity contribution is -0.131. The lowest BCUT2D eigenvalue weighted by atomic mass is 10.2. The molecule has 0 atom stereocenters. The highest BCUT2D eigenvalue weighted by Gasteiger charge is 2.16. The third-order valence-electron chi connectivity index (χ3n) is 1.80. The number of ether oxygens (including phenoxy) is 1. The molecule has 0 aliphatic rings. The minimum absolute atomic E-state index is 0.293. The maximum absolute atomic E-state index is 11.5. The summed E-state index contributed by atoms with van der Waals surface area (Å²) in [5.74, 6) is -0.769. The maximum atomic E-state index is 11.5. The minimum Gasteiger partial charge on any atom is -0.478 e. The van der Waals surface area contributed by atoms with Crippen LogP contribution in [0.2, 0.25) is 0 Å². The molecule has 1 heterocycles. The van der Waals surface area contributed by atoms with Crippen molar-refractivity contribution in [1.29, 1.82) is 0 Å². The van der Waals surface area contributed by atoms with E-state index in [4.69, 9.17) is 9.84 Å². The van der Waals surface area contributed by atoms with Crippen LogP contribution >= 0.6 is 0 Å². The largest absolute Gasteiger partial charge is 0.478 e. The first kappa shape index (κ1) is 14.7. The average Bonchev–Trinajstić information content (AvgIpc) is 2.24. The monoisotopic (exact) mass is 264 g/mol. The molecule has 0 fully saturated rings. The van der Waals surface area contributed by atoms with Gasteiger partial charge in [-0.05, 0) is 39.0 Å². The molecule has 6 nitrogen and oxygen atoms in total. The van der Waals surface area contributed by atoms with Crippen molar-refractivity contribution in [3.63, 3.8) is 0 Å². The van der Waals surface area contributed by atoms with Crippen LogP contribution in [0.4, 0.5) is 10.6 Å². The number of amides is 1. The second-order valence-electron chi connectivity index (χ2n) is 4.75. The zero-order valence-corrected chi connectivity index (χ0v) is 11.0. The van der Waals surface area contributed by atoms with Crippen molar-refractivity contribution < 1.29 is 19.4 Å². The number of rotatable bonds is 3. The Morgan fingerprint density at radius 2 is 2.05 bits per heavy atom. The van der Waals surface area contributed by atoms with E-state index < -0.39 is 17.7 Å². The van der Waals surface area contributed by atoms with Gasteiger partial charge < -0.3 is 9.84 Å². The Morgan fingerprint density at radius 1 is 1.37 bits per heavy atom. The number of aromatic nitrogens is 1. The van der Waals surface area contributed by atoms with E-state index in [9.17, 15) is 9.59 Å². The molecule has 0 saturated heterocycles. The van der Waals surface area contributed by atoms with Crippen LogP contribution in [0.3, 0.4) is 0 Å². The van der Waals surface area contributed by atoms with Crippen molar-refractivity contribution in [1.82, 2.24) is 4.98 Å². The molecule has 1 aromatic rings. The zero-order valence-electron chi connectivity index (χ0n) is 11.0. The molecule has 0 bridgehead atoms. The summed E-state index contributed by atoms with van der Waals surface area (Å²) in [6.45, 7) is 5.27. The van der Waals surface area contributed by atoms with Gasteiger partial charge in [-0.25, -0.2) is 14.6 Å². The van der Waals surface area contributed by atoms with Gasteiger partial charge in [0.1, 0.15) is 11.4 Å².